The Labute approximate surface area is 275 Å². The van der Waals surface area contributed by atoms with Crippen molar-refractivity contribution in [2.75, 3.05) is 43.9 Å². The van der Waals surface area contributed by atoms with Crippen LogP contribution in [0.2, 0.25) is 0 Å². The summed E-state index contributed by atoms with van der Waals surface area (Å²) < 4.78 is 45.0. The van der Waals surface area contributed by atoms with Gasteiger partial charge in [0.25, 0.3) is 5.91 Å². The van der Waals surface area contributed by atoms with Gasteiger partial charge in [-0.2, -0.15) is 13.2 Å². The molecule has 1 aromatic carbocycles. The van der Waals surface area contributed by atoms with Crippen molar-refractivity contribution < 1.29 is 32.6 Å². The number of halogens is 3. The molecule has 254 valence electrons. The van der Waals surface area contributed by atoms with Crippen LogP contribution in [0.1, 0.15) is 48.2 Å². The van der Waals surface area contributed by atoms with Gasteiger partial charge in [0, 0.05) is 25.0 Å². The molecule has 0 bridgehead atoms. The quantitative estimate of drug-likeness (QED) is 0.236. The van der Waals surface area contributed by atoms with Gasteiger partial charge in [0.2, 0.25) is 5.91 Å². The number of likely N-dealkylation sites (tertiary alicyclic amines) is 1. The van der Waals surface area contributed by atoms with Gasteiger partial charge in [0.1, 0.15) is 18.5 Å². The number of aromatic hydroxyl groups is 1. The molecule has 1 fully saturated rings. The minimum Gasteiger partial charge on any atom is -0.505 e. The van der Waals surface area contributed by atoms with Crippen molar-refractivity contribution in [3.8, 4) is 5.75 Å². The highest BCUT2D eigenvalue weighted by Gasteiger charge is 2.44. The van der Waals surface area contributed by atoms with Crippen LogP contribution in [0.5, 0.6) is 5.75 Å². The van der Waals surface area contributed by atoms with Crippen molar-refractivity contribution in [2.24, 2.45) is 10.4 Å². The van der Waals surface area contributed by atoms with E-state index in [1.54, 1.807) is 22.3 Å². The van der Waals surface area contributed by atoms with Gasteiger partial charge in [0.05, 0.1) is 42.2 Å². The van der Waals surface area contributed by atoms with Crippen LogP contribution in [0.3, 0.4) is 0 Å². The van der Waals surface area contributed by atoms with Crippen LogP contribution < -0.4 is 21.8 Å². The molecule has 6 rings (SSSR count). The van der Waals surface area contributed by atoms with E-state index in [9.17, 15) is 27.9 Å². The zero-order chi connectivity index (χ0) is 34.1. The summed E-state index contributed by atoms with van der Waals surface area (Å²) in [5, 5.41) is 17.8. The Morgan fingerprint density at radius 1 is 1.23 bits per heavy atom. The van der Waals surface area contributed by atoms with E-state index >= 15 is 0 Å². The summed E-state index contributed by atoms with van der Waals surface area (Å²) in [4.78, 5) is 37.2. The average Bonchev–Trinajstić information content (AvgIpc) is 3.49. The summed E-state index contributed by atoms with van der Waals surface area (Å²) >= 11 is 0. The molecule has 3 aliphatic heterocycles. The van der Waals surface area contributed by atoms with E-state index in [0.717, 1.165) is 47.9 Å². The number of alkyl halides is 3. The van der Waals surface area contributed by atoms with Crippen molar-refractivity contribution >= 4 is 29.5 Å². The Bertz CT molecular complexity index is 1710. The molecule has 1 saturated heterocycles. The van der Waals surface area contributed by atoms with Crippen LogP contribution in [0.4, 0.5) is 24.5 Å². The number of benzene rings is 1. The van der Waals surface area contributed by atoms with E-state index in [1.807, 2.05) is 6.08 Å². The van der Waals surface area contributed by atoms with Crippen LogP contribution >= 0.6 is 0 Å². The lowest BCUT2D eigenvalue weighted by Gasteiger charge is -2.39. The third-order valence-electron chi connectivity index (χ3n) is 9.25. The number of pyridine rings is 1. The van der Waals surface area contributed by atoms with Crippen molar-refractivity contribution in [3.05, 3.63) is 83.0 Å². The highest BCUT2D eigenvalue weighted by Crippen LogP contribution is 2.48. The topological polar surface area (TPSA) is 157 Å². The van der Waals surface area contributed by atoms with Gasteiger partial charge < -0.3 is 31.1 Å². The number of amides is 2. The van der Waals surface area contributed by atoms with Gasteiger partial charge >= 0.3 is 6.18 Å². The van der Waals surface area contributed by atoms with Gasteiger partial charge in [-0.15, -0.1) is 0 Å². The molecule has 12 nitrogen and oxygen atoms in total. The van der Waals surface area contributed by atoms with Gasteiger partial charge in [-0.3, -0.25) is 19.6 Å². The number of carbonyl (C=O) groups is 2. The van der Waals surface area contributed by atoms with Crippen LogP contribution in [0, 0.1) is 5.41 Å². The number of allylic oxidation sites excluding steroid dienone is 2. The molecule has 4 aliphatic rings. The first-order valence-corrected chi connectivity index (χ1v) is 15.6. The fourth-order valence-corrected chi connectivity index (χ4v) is 6.62. The second-order valence-corrected chi connectivity index (χ2v) is 12.4. The van der Waals surface area contributed by atoms with Crippen molar-refractivity contribution in [2.45, 2.75) is 44.4 Å². The van der Waals surface area contributed by atoms with E-state index < -0.39 is 23.8 Å². The van der Waals surface area contributed by atoms with Crippen LogP contribution in [-0.2, 0) is 15.7 Å². The Hall–Kier alpha value is -4.89. The molecular formula is C33H37F3N8O4. The molecule has 2 unspecified atom stereocenters. The number of nitrogens with one attached hydrogen (secondary N) is 3. The maximum atomic E-state index is 13.4. The minimum absolute atomic E-state index is 0.0125. The molecule has 48 heavy (non-hydrogen) atoms. The van der Waals surface area contributed by atoms with E-state index in [-0.39, 0.29) is 40.7 Å². The molecule has 0 radical (unpaired) electrons. The SMILES string of the molecule is C=C1C2=C(CCC3(CCN(C(=O)c4ncccc4O)C3)C2)N/C=N/C(C2=CCOCC2)NN1CC(=O)Nc1ccc(C(F)(F)F)cc1N. The number of aromatic nitrogens is 1. The summed E-state index contributed by atoms with van der Waals surface area (Å²) in [5.74, 6) is -1.04. The third kappa shape index (κ3) is 7.01. The number of nitrogens with two attached hydrogens (primary N) is 1. The Morgan fingerprint density at radius 2 is 2.06 bits per heavy atom. The third-order valence-corrected chi connectivity index (χ3v) is 9.25. The molecule has 6 N–H and O–H groups in total. The monoisotopic (exact) mass is 666 g/mol. The van der Waals surface area contributed by atoms with E-state index in [4.69, 9.17) is 15.5 Å². The predicted octanol–water partition coefficient (Wildman–Crippen LogP) is 3.92. The number of nitrogen functional groups attached to an aromatic ring is 1. The fourth-order valence-electron chi connectivity index (χ4n) is 6.62. The second kappa shape index (κ2) is 13.3. The standard InChI is InChI=1S/C33H37F3N8O4/c1-20-23-16-32(10-12-43(18-32)31(47)29-27(45)3-2-11-38-29)9-6-25(23)39-19-40-30(21-7-13-48-14-8-21)42-44(20)17-28(46)41-26-5-4-22(15-24(26)37)33(34,35)36/h2-5,7,11,15,19,30,42,45H,1,6,8-10,12-14,16-18,37H2,(H,39,40)(H,41,46). The van der Waals surface area contributed by atoms with E-state index in [2.05, 4.69) is 27.6 Å². The highest BCUT2D eigenvalue weighted by atomic mass is 19.4. The molecule has 2 aromatic rings. The number of hydrogen-bond donors (Lipinski definition) is 5. The van der Waals surface area contributed by atoms with Crippen molar-refractivity contribution in [1.29, 1.82) is 0 Å². The Morgan fingerprint density at radius 3 is 2.79 bits per heavy atom. The smallest absolute Gasteiger partial charge is 0.416 e. The second-order valence-electron chi connectivity index (χ2n) is 12.4. The van der Waals surface area contributed by atoms with Crippen molar-refractivity contribution in [3.63, 3.8) is 0 Å². The highest BCUT2D eigenvalue weighted by molar-refractivity contribution is 5.96. The number of ether oxygens (including phenoxy) is 1. The first-order valence-electron chi connectivity index (χ1n) is 15.6. The number of hydrogen-bond acceptors (Lipinski definition) is 10. The first kappa shape index (κ1) is 33.0. The molecule has 2 amide bonds. The van der Waals surface area contributed by atoms with Crippen LogP contribution in [-0.4, -0.2) is 77.2 Å². The fraction of sp³-hybridized carbons (Fsp3) is 0.394. The lowest BCUT2D eigenvalue weighted by Crippen LogP contribution is -2.48. The number of anilines is 2. The number of carbonyl (C=O) groups excluding carboxylic acids is 2. The predicted molar refractivity (Wildman–Crippen MR) is 172 cm³/mol. The zero-order valence-corrected chi connectivity index (χ0v) is 26.1. The van der Waals surface area contributed by atoms with E-state index in [0.29, 0.717) is 51.3 Å². The molecular weight excluding hydrogens is 629 g/mol. The van der Waals surface area contributed by atoms with Crippen LogP contribution in [0.25, 0.3) is 0 Å². The summed E-state index contributed by atoms with van der Waals surface area (Å²) in [6, 6.07) is 5.77. The largest absolute Gasteiger partial charge is 0.505 e. The molecule has 1 spiro atoms. The summed E-state index contributed by atoms with van der Waals surface area (Å²) in [5.41, 5.74) is 11.1. The Kier molecular flexibility index (Phi) is 9.16. The summed E-state index contributed by atoms with van der Waals surface area (Å²) in [6.45, 7) is 6.03. The molecule has 2 atom stereocenters. The molecule has 15 heteroatoms. The molecule has 1 aliphatic carbocycles. The molecule has 4 heterocycles. The average molecular weight is 667 g/mol. The number of aliphatic imine (C=N–C) groups is 1. The number of nitrogens with zero attached hydrogens (tertiary/aromatic N) is 4. The van der Waals surface area contributed by atoms with E-state index in [1.165, 1.54) is 12.3 Å². The molecule has 1 aromatic heterocycles. The van der Waals surface area contributed by atoms with Gasteiger partial charge in [0.15, 0.2) is 5.69 Å². The van der Waals surface area contributed by atoms with Crippen molar-refractivity contribution in [1.82, 2.24) is 25.6 Å². The summed E-state index contributed by atoms with van der Waals surface area (Å²) in [6.07, 6.45) is 3.23. The maximum Gasteiger partial charge on any atom is 0.416 e. The Balaban J connectivity index is 1.24. The summed E-state index contributed by atoms with van der Waals surface area (Å²) in [7, 11) is 0. The number of rotatable bonds is 5. The van der Waals surface area contributed by atoms with Gasteiger partial charge in [-0.1, -0.05) is 12.7 Å². The molecule has 0 saturated carbocycles. The minimum atomic E-state index is -4.57. The maximum absolute atomic E-state index is 13.4. The lowest BCUT2D eigenvalue weighted by molar-refractivity contribution is -0.137. The first-order chi connectivity index (χ1) is 22.9. The number of hydrazine groups is 1. The van der Waals surface area contributed by atoms with Gasteiger partial charge in [-0.05, 0) is 79.0 Å². The zero-order valence-electron chi connectivity index (χ0n) is 26.1. The van der Waals surface area contributed by atoms with Crippen LogP contribution in [0.15, 0.2) is 76.7 Å². The normalized spacial score (nSPS) is 23.9. The lowest BCUT2D eigenvalue weighted by atomic mass is 9.71. The van der Waals surface area contributed by atoms with Gasteiger partial charge in [-0.25, -0.2) is 10.4 Å².